The highest BCUT2D eigenvalue weighted by Gasteiger charge is 2.42. The lowest BCUT2D eigenvalue weighted by atomic mass is 9.72. The molecule has 27 aromatic rings. The van der Waals surface area contributed by atoms with E-state index in [9.17, 15) is 19.2 Å². The van der Waals surface area contributed by atoms with Crippen LogP contribution < -0.4 is 14.4 Å². The summed E-state index contributed by atoms with van der Waals surface area (Å²) in [7, 11) is 0. The van der Waals surface area contributed by atoms with Crippen molar-refractivity contribution in [1.29, 1.82) is 0 Å². The normalized spacial score (nSPS) is 13.8. The average Bonchev–Trinajstić information content (AvgIpc) is 1.04. The van der Waals surface area contributed by atoms with Gasteiger partial charge in [-0.2, -0.15) is 4.57 Å². The van der Waals surface area contributed by atoms with Gasteiger partial charge in [-0.15, -0.1) is 0 Å². The number of aromatic amines is 1. The second kappa shape index (κ2) is 32.2. The number of fused-ring (bicyclic) bond motifs is 6. The highest BCUT2D eigenvalue weighted by molar-refractivity contribution is 6.42. The summed E-state index contributed by atoms with van der Waals surface area (Å²) in [5, 5.41) is 26.8. The van der Waals surface area contributed by atoms with Crippen LogP contribution in [-0.2, 0) is 10.8 Å². The van der Waals surface area contributed by atoms with Gasteiger partial charge in [-0.3, -0.25) is 23.7 Å². The van der Waals surface area contributed by atoms with Crippen LogP contribution in [0.1, 0.15) is 125 Å². The molecule has 1 N–H and O–H groups in total. The van der Waals surface area contributed by atoms with Gasteiger partial charge in [0.15, 0.2) is 34.2 Å². The molecular formula is C140H91N6O4+. The summed E-state index contributed by atoms with van der Waals surface area (Å²) < 4.78 is 4.50. The molecule has 10 heteroatoms. The number of carbonyl (C=O) groups excluding carboxylic acids is 4. The predicted molar refractivity (Wildman–Crippen MR) is 617 cm³/mol. The first-order chi connectivity index (χ1) is 73.4. The molecule has 2 aliphatic heterocycles. The third kappa shape index (κ3) is 12.4. The van der Waals surface area contributed by atoms with E-state index >= 15 is 0 Å². The highest BCUT2D eigenvalue weighted by Crippen LogP contribution is 2.59. The first-order valence-electron chi connectivity index (χ1n) is 51.5. The number of nitrogens with one attached hydrogen (secondary N) is 1. The van der Waals surface area contributed by atoms with Crippen molar-refractivity contribution in [2.24, 2.45) is 0 Å². The fourth-order valence-corrected chi connectivity index (χ4v) is 26.2. The molecule has 0 saturated heterocycles. The molecule has 0 amide bonds. The molecule has 2 aromatic heterocycles. The molecule has 10 nitrogen and oxygen atoms in total. The summed E-state index contributed by atoms with van der Waals surface area (Å²) in [6.07, 6.45) is 0. The molecule has 33 rings (SSSR count). The first kappa shape index (κ1) is 86.3. The van der Waals surface area contributed by atoms with Crippen LogP contribution >= 0.6 is 0 Å². The predicted octanol–water partition coefficient (Wildman–Crippen LogP) is 34.7. The van der Waals surface area contributed by atoms with Gasteiger partial charge < -0.3 is 9.80 Å². The van der Waals surface area contributed by atoms with E-state index in [2.05, 4.69) is 387 Å². The third-order valence-electron chi connectivity index (χ3n) is 33.0. The van der Waals surface area contributed by atoms with Crippen molar-refractivity contribution < 1.29 is 23.7 Å². The molecule has 4 heterocycles. The molecule has 0 atom stereocenters. The maximum atomic E-state index is 13.8. The van der Waals surface area contributed by atoms with E-state index in [-0.39, 0.29) is 34.0 Å². The lowest BCUT2D eigenvalue weighted by Gasteiger charge is -2.43. The molecule has 150 heavy (non-hydrogen) atoms. The van der Waals surface area contributed by atoms with E-state index in [4.69, 9.17) is 4.98 Å². The number of anilines is 6. The SMILES string of the molecule is CC1(C)c2ccccc2N(c2cc3ccc4cccc5c4c3c3c(cccc23)C5=O)c2ccccc21.Cc1ccc2c(c1)C(C)(C)c1cc(C)ccc1N2c1cc2ccc3cccc4c3c2c2c(cccc12)C4=O.O=C1c2cccc3ccc4cc(-c5[nH]c6ccccc6[n+]5-c5ccccc5)c5cccc1c5c4c23.O=C1c2cccc3ccc4cc(-c5ccc(-c6nc7ccccc7n6-c6ccccc6)cc5)c5cccc1c5c4c23. The van der Waals surface area contributed by atoms with Crippen LogP contribution in [0.4, 0.5) is 34.1 Å². The number of imidazole rings is 2. The van der Waals surface area contributed by atoms with E-state index in [1.54, 1.807) is 0 Å². The Morgan fingerprint density at radius 3 is 1.08 bits per heavy atom. The van der Waals surface area contributed by atoms with E-state index in [0.29, 0.717) is 0 Å². The van der Waals surface area contributed by atoms with Crippen molar-refractivity contribution in [1.82, 2.24) is 14.5 Å². The largest absolute Gasteiger partial charge is 0.309 e. The van der Waals surface area contributed by atoms with E-state index in [0.717, 1.165) is 226 Å². The van der Waals surface area contributed by atoms with Crippen LogP contribution in [0, 0.1) is 13.8 Å². The molecule has 25 aromatic carbocycles. The minimum atomic E-state index is -0.135. The Hall–Kier alpha value is -19.2. The highest BCUT2D eigenvalue weighted by atomic mass is 16.1. The number of rotatable bonds is 7. The Morgan fingerprint density at radius 1 is 0.253 bits per heavy atom. The summed E-state index contributed by atoms with van der Waals surface area (Å²) in [5.41, 5.74) is 31.7. The smallest absolute Gasteiger partial charge is 0.293 e. The number of hydrogen-bond donors (Lipinski definition) is 1. The second-order valence-corrected chi connectivity index (χ2v) is 42.0. The quantitative estimate of drug-likeness (QED) is 0.125. The Kier molecular flexibility index (Phi) is 18.5. The molecule has 0 spiro atoms. The van der Waals surface area contributed by atoms with Crippen LogP contribution in [0.25, 0.3) is 197 Å². The van der Waals surface area contributed by atoms with Crippen LogP contribution in [0.15, 0.2) is 437 Å². The average molecular weight is 1920 g/mol. The monoisotopic (exact) mass is 1920 g/mol. The van der Waals surface area contributed by atoms with Gasteiger partial charge in [-0.05, 0) is 220 Å². The molecule has 4 aliphatic carbocycles. The van der Waals surface area contributed by atoms with Gasteiger partial charge in [0.25, 0.3) is 5.82 Å². The fraction of sp³-hybridized carbons (Fsp3) is 0.0571. The first-order valence-corrected chi connectivity index (χ1v) is 51.5. The van der Waals surface area contributed by atoms with Gasteiger partial charge in [0.05, 0.1) is 50.7 Å². The number of hydrogen-bond acceptors (Lipinski definition) is 7. The van der Waals surface area contributed by atoms with E-state index < -0.39 is 0 Å². The number of aryl methyl sites for hydroxylation is 2. The number of H-pyrrole nitrogens is 1. The van der Waals surface area contributed by atoms with Crippen molar-refractivity contribution in [3.63, 3.8) is 0 Å². The molecule has 6 aliphatic rings. The van der Waals surface area contributed by atoms with Gasteiger partial charge in [-0.25, -0.2) is 9.97 Å². The summed E-state index contributed by atoms with van der Waals surface area (Å²) >= 11 is 0. The number of nitrogens with zero attached hydrogens (tertiary/aromatic N) is 5. The topological polar surface area (TPSA) is 112 Å². The number of ketones is 4. The molecule has 704 valence electrons. The van der Waals surface area contributed by atoms with Crippen molar-refractivity contribution >= 4 is 209 Å². The van der Waals surface area contributed by atoms with Gasteiger partial charge in [-0.1, -0.05) is 379 Å². The summed E-state index contributed by atoms with van der Waals surface area (Å²) in [4.78, 5) is 68.3. The summed E-state index contributed by atoms with van der Waals surface area (Å²) in [6.45, 7) is 13.6. The molecule has 0 unspecified atom stereocenters. The number of aromatic nitrogens is 4. The third-order valence-corrected chi connectivity index (χ3v) is 33.0. The number of benzene rings is 25. The summed E-state index contributed by atoms with van der Waals surface area (Å²) in [6, 6.07) is 153. The molecule has 0 fully saturated rings. The van der Waals surface area contributed by atoms with Crippen LogP contribution in [-0.4, -0.2) is 37.7 Å². The zero-order valence-electron chi connectivity index (χ0n) is 82.9. The fourth-order valence-electron chi connectivity index (χ4n) is 26.2. The maximum Gasteiger partial charge on any atom is 0.293 e. The number of carbonyl (C=O) groups is 4. The van der Waals surface area contributed by atoms with Crippen LogP contribution in [0.2, 0.25) is 0 Å². The van der Waals surface area contributed by atoms with Crippen LogP contribution in [0.5, 0.6) is 0 Å². The zero-order valence-corrected chi connectivity index (χ0v) is 82.9. The van der Waals surface area contributed by atoms with Gasteiger partial charge >= 0.3 is 0 Å². The lowest BCUT2D eigenvalue weighted by Crippen LogP contribution is -2.31. The zero-order chi connectivity index (χ0) is 100. The van der Waals surface area contributed by atoms with Crippen molar-refractivity contribution in [3.05, 3.63) is 515 Å². The summed E-state index contributed by atoms with van der Waals surface area (Å²) in [5.74, 6) is 2.35. The Bertz CT molecular complexity index is 10700. The number of para-hydroxylation sites is 8. The van der Waals surface area contributed by atoms with Crippen molar-refractivity contribution in [3.8, 4) is 45.3 Å². The van der Waals surface area contributed by atoms with Gasteiger partial charge in [0.1, 0.15) is 11.5 Å². The Labute approximate surface area is 862 Å². The van der Waals surface area contributed by atoms with Crippen molar-refractivity contribution in [2.45, 2.75) is 52.4 Å². The molecule has 0 saturated carbocycles. The van der Waals surface area contributed by atoms with Gasteiger partial charge in [0, 0.05) is 120 Å². The second-order valence-electron chi connectivity index (χ2n) is 42.0. The van der Waals surface area contributed by atoms with Crippen LogP contribution in [0.3, 0.4) is 0 Å². The van der Waals surface area contributed by atoms with Gasteiger partial charge in [0.2, 0.25) is 0 Å². The Morgan fingerprint density at radius 2 is 0.607 bits per heavy atom. The molecule has 0 bridgehead atoms. The Balaban J connectivity index is 0.0000000920. The minimum Gasteiger partial charge on any atom is -0.309 e. The molecular weight excluding hydrogens is 1830 g/mol. The van der Waals surface area contributed by atoms with E-state index in [1.165, 1.54) is 83.1 Å². The lowest BCUT2D eigenvalue weighted by molar-refractivity contribution is -0.554. The van der Waals surface area contributed by atoms with Crippen molar-refractivity contribution in [2.75, 3.05) is 9.80 Å². The van der Waals surface area contributed by atoms with E-state index in [1.807, 2.05) is 115 Å². The molecule has 0 radical (unpaired) electrons. The minimum absolute atomic E-state index is 0.103. The standard InChI is InChI=1S/C38H22N2O.C36H27NO.C34H23NO.C32H18N2O/c41-37-29-12-6-8-24-18-21-26-22-31(28-11-7-13-30(37)36(28)35(26)34(24)29)23-16-19-25(20-17-23)38-39-32-14-4-5-15-33(32)40(38)27-9-2-1-3-10-27;1-20-11-15-29-27(17-20)36(3,4)28-18-21(2)12-16-30(28)37(29)31-19-23-14-13-22-7-5-9-25-32(22)33(23)34-24(31)8-6-10-26(34)35(25)38;1-34(2)25-13-3-5-15-27(25)35(28-16-6-4-14-26(28)34)29-19-21-18-17-20-9-7-11-23-30(20)31(21)32-22(29)10-8-12-24(32)33(23)36;35-31-23-12-6-8-19-16-17-20-18-25(22-11-7-13-24(31)30(22)29(20)28(19)23)32-33-26-14-4-5-15-27(26)34(32)21-9-2-1-3-10-21/h1-22H;5-19H,1-4H3;3-19H,1-2H3;1-18H/p+1. The maximum absolute atomic E-state index is 13.8.